The van der Waals surface area contributed by atoms with E-state index in [2.05, 4.69) is 21.2 Å². The van der Waals surface area contributed by atoms with Crippen LogP contribution in [0.4, 0.5) is 5.69 Å². The SMILES string of the molecule is COc1ccc(S(=O)(=O)N(CC(=O)N(Cc2cccc(Br)c2)C(C)C(=O)NC2CCCC2)c2ccccc2)cc1OC. The third-order valence-corrected chi connectivity index (χ3v) is 9.64. The summed E-state index contributed by atoms with van der Waals surface area (Å²) >= 11 is 3.47. The molecular weight excluding hydrogens is 622 g/mol. The Morgan fingerprint density at radius 3 is 2.29 bits per heavy atom. The maximum atomic E-state index is 14.1. The molecule has 0 heterocycles. The van der Waals surface area contributed by atoms with E-state index in [9.17, 15) is 18.0 Å². The molecule has 1 unspecified atom stereocenters. The molecule has 0 saturated heterocycles. The fourth-order valence-corrected chi connectivity index (χ4v) is 6.91. The van der Waals surface area contributed by atoms with Crippen molar-refractivity contribution in [1.29, 1.82) is 0 Å². The summed E-state index contributed by atoms with van der Waals surface area (Å²) in [6.07, 6.45) is 3.92. The highest BCUT2D eigenvalue weighted by molar-refractivity contribution is 9.10. The third-order valence-electron chi connectivity index (χ3n) is 7.38. The lowest BCUT2D eigenvalue weighted by Crippen LogP contribution is -2.52. The summed E-state index contributed by atoms with van der Waals surface area (Å²) in [4.78, 5) is 28.8. The first-order valence-electron chi connectivity index (χ1n) is 13.8. The molecule has 4 rings (SSSR count). The second kappa shape index (κ2) is 14.1. The Kier molecular flexibility index (Phi) is 10.5. The average molecular weight is 659 g/mol. The Balaban J connectivity index is 1.69. The van der Waals surface area contributed by atoms with E-state index < -0.39 is 28.5 Å². The van der Waals surface area contributed by atoms with Crippen LogP contribution in [0.3, 0.4) is 0 Å². The van der Waals surface area contributed by atoms with Gasteiger partial charge in [-0.2, -0.15) is 0 Å². The summed E-state index contributed by atoms with van der Waals surface area (Å²) in [5.74, 6) is -0.163. The molecule has 0 radical (unpaired) electrons. The number of carbonyl (C=O) groups is 2. The first-order chi connectivity index (χ1) is 20.1. The van der Waals surface area contributed by atoms with Crippen LogP contribution in [0, 0.1) is 0 Å². The van der Waals surface area contributed by atoms with Gasteiger partial charge in [0.15, 0.2) is 11.5 Å². The van der Waals surface area contributed by atoms with Crippen LogP contribution in [-0.4, -0.2) is 58.0 Å². The molecule has 0 spiro atoms. The van der Waals surface area contributed by atoms with Crippen molar-refractivity contribution in [2.45, 2.75) is 56.1 Å². The van der Waals surface area contributed by atoms with Gasteiger partial charge in [0.25, 0.3) is 10.0 Å². The van der Waals surface area contributed by atoms with E-state index >= 15 is 0 Å². The number of nitrogens with one attached hydrogen (secondary N) is 1. The lowest BCUT2D eigenvalue weighted by molar-refractivity contribution is -0.139. The smallest absolute Gasteiger partial charge is 0.264 e. The average Bonchev–Trinajstić information content (AvgIpc) is 3.51. The first kappa shape index (κ1) is 31.4. The van der Waals surface area contributed by atoms with Crippen molar-refractivity contribution in [3.8, 4) is 11.5 Å². The van der Waals surface area contributed by atoms with Crippen molar-refractivity contribution in [2.24, 2.45) is 0 Å². The van der Waals surface area contributed by atoms with Gasteiger partial charge in [-0.3, -0.25) is 13.9 Å². The lowest BCUT2D eigenvalue weighted by atomic mass is 10.1. The number of halogens is 1. The number of methoxy groups -OCH3 is 2. The molecule has 1 saturated carbocycles. The predicted octanol–water partition coefficient (Wildman–Crippen LogP) is 5.14. The van der Waals surface area contributed by atoms with E-state index in [0.717, 1.165) is 40.0 Å². The summed E-state index contributed by atoms with van der Waals surface area (Å²) < 4.78 is 40.6. The normalized spacial score (nSPS) is 14.2. The lowest BCUT2D eigenvalue weighted by Gasteiger charge is -2.32. The van der Waals surface area contributed by atoms with Crippen molar-refractivity contribution >= 4 is 43.5 Å². The summed E-state index contributed by atoms with van der Waals surface area (Å²) in [6.45, 7) is 1.28. The summed E-state index contributed by atoms with van der Waals surface area (Å²) in [7, 11) is -1.36. The zero-order valence-corrected chi connectivity index (χ0v) is 26.4. The molecule has 1 N–H and O–H groups in total. The number of para-hydroxylation sites is 1. The van der Waals surface area contributed by atoms with Gasteiger partial charge >= 0.3 is 0 Å². The third kappa shape index (κ3) is 7.43. The number of nitrogens with zero attached hydrogens (tertiary/aromatic N) is 2. The van der Waals surface area contributed by atoms with E-state index in [1.165, 1.54) is 37.3 Å². The molecule has 1 aliphatic carbocycles. The van der Waals surface area contributed by atoms with Crippen LogP contribution in [0.2, 0.25) is 0 Å². The second-order valence-electron chi connectivity index (χ2n) is 10.2. The van der Waals surface area contributed by atoms with Crippen LogP contribution < -0.4 is 19.1 Å². The molecule has 224 valence electrons. The van der Waals surface area contributed by atoms with Crippen LogP contribution in [0.1, 0.15) is 38.2 Å². The molecule has 2 amide bonds. The number of rotatable bonds is 12. The van der Waals surface area contributed by atoms with Gasteiger partial charge in [0.2, 0.25) is 11.8 Å². The van der Waals surface area contributed by atoms with Gasteiger partial charge in [0.05, 0.1) is 24.8 Å². The standard InChI is InChI=1S/C31H36BrN3O6S/c1-22(31(37)33-25-12-7-8-13-25)34(20-23-10-9-11-24(32)18-23)30(36)21-35(26-14-5-4-6-15-26)42(38,39)27-16-17-28(40-2)29(19-27)41-3/h4-6,9-11,14-19,22,25H,7-8,12-13,20-21H2,1-3H3,(H,33,37). The maximum Gasteiger partial charge on any atom is 0.264 e. The van der Waals surface area contributed by atoms with Crippen molar-refractivity contribution in [3.63, 3.8) is 0 Å². The Morgan fingerprint density at radius 1 is 0.952 bits per heavy atom. The van der Waals surface area contributed by atoms with Gasteiger partial charge in [-0.1, -0.05) is 59.1 Å². The van der Waals surface area contributed by atoms with Gasteiger partial charge in [0, 0.05) is 23.1 Å². The van der Waals surface area contributed by atoms with E-state index in [1.54, 1.807) is 37.3 Å². The largest absolute Gasteiger partial charge is 0.493 e. The van der Waals surface area contributed by atoms with Crippen molar-refractivity contribution in [1.82, 2.24) is 10.2 Å². The molecular formula is C31H36BrN3O6S. The minimum Gasteiger partial charge on any atom is -0.493 e. The summed E-state index contributed by atoms with van der Waals surface area (Å²) in [5.41, 5.74) is 1.11. The Hall–Kier alpha value is -3.57. The summed E-state index contributed by atoms with van der Waals surface area (Å²) in [6, 6.07) is 19.4. The minimum absolute atomic E-state index is 0.0673. The quantitative estimate of drug-likeness (QED) is 0.289. The number of hydrogen-bond donors (Lipinski definition) is 1. The molecule has 0 bridgehead atoms. The Labute approximate surface area is 256 Å². The van der Waals surface area contributed by atoms with Crippen LogP contribution in [0.15, 0.2) is 82.2 Å². The van der Waals surface area contributed by atoms with E-state index in [1.807, 2.05) is 24.3 Å². The zero-order valence-electron chi connectivity index (χ0n) is 24.0. The molecule has 3 aromatic carbocycles. The van der Waals surface area contributed by atoms with E-state index in [4.69, 9.17) is 9.47 Å². The number of anilines is 1. The molecule has 9 nitrogen and oxygen atoms in total. The highest BCUT2D eigenvalue weighted by atomic mass is 79.9. The Morgan fingerprint density at radius 2 is 1.64 bits per heavy atom. The van der Waals surface area contributed by atoms with E-state index in [-0.39, 0.29) is 29.1 Å². The van der Waals surface area contributed by atoms with E-state index in [0.29, 0.717) is 11.4 Å². The van der Waals surface area contributed by atoms with Crippen molar-refractivity contribution in [3.05, 3.63) is 82.8 Å². The number of amides is 2. The topological polar surface area (TPSA) is 105 Å². The highest BCUT2D eigenvalue weighted by Crippen LogP contribution is 2.32. The molecule has 1 atom stereocenters. The van der Waals surface area contributed by atoms with Crippen LogP contribution in [0.5, 0.6) is 11.5 Å². The fourth-order valence-electron chi connectivity index (χ4n) is 5.03. The molecule has 0 aliphatic heterocycles. The molecule has 1 fully saturated rings. The maximum absolute atomic E-state index is 14.1. The highest BCUT2D eigenvalue weighted by Gasteiger charge is 2.33. The molecule has 1 aliphatic rings. The van der Waals surface area contributed by atoms with Gasteiger partial charge in [-0.05, 0) is 61.7 Å². The molecule has 0 aromatic heterocycles. The number of hydrogen-bond acceptors (Lipinski definition) is 6. The van der Waals surface area contributed by atoms with Crippen molar-refractivity contribution in [2.75, 3.05) is 25.1 Å². The van der Waals surface area contributed by atoms with Gasteiger partial charge in [-0.25, -0.2) is 8.42 Å². The van der Waals surface area contributed by atoms with Crippen molar-refractivity contribution < 1.29 is 27.5 Å². The number of carbonyl (C=O) groups excluding carboxylic acids is 2. The number of sulfonamides is 1. The predicted molar refractivity (Wildman–Crippen MR) is 165 cm³/mol. The fraction of sp³-hybridized carbons (Fsp3) is 0.355. The molecule has 3 aromatic rings. The van der Waals surface area contributed by atoms with Gasteiger partial charge in [0.1, 0.15) is 12.6 Å². The Bertz CT molecular complexity index is 1500. The van der Waals surface area contributed by atoms with Crippen LogP contribution >= 0.6 is 15.9 Å². The monoisotopic (exact) mass is 657 g/mol. The zero-order chi connectivity index (χ0) is 30.3. The first-order valence-corrected chi connectivity index (χ1v) is 16.0. The minimum atomic E-state index is -4.24. The number of benzene rings is 3. The van der Waals surface area contributed by atoms with Crippen LogP contribution in [-0.2, 0) is 26.2 Å². The van der Waals surface area contributed by atoms with Gasteiger partial charge < -0.3 is 19.7 Å². The molecule has 42 heavy (non-hydrogen) atoms. The van der Waals surface area contributed by atoms with Gasteiger partial charge in [-0.15, -0.1) is 0 Å². The second-order valence-corrected chi connectivity index (χ2v) is 13.0. The number of ether oxygens (including phenoxy) is 2. The van der Waals surface area contributed by atoms with Crippen LogP contribution in [0.25, 0.3) is 0 Å². The summed E-state index contributed by atoms with van der Waals surface area (Å²) in [5, 5.41) is 3.08. The molecule has 11 heteroatoms.